The van der Waals surface area contributed by atoms with Crippen molar-refractivity contribution in [2.24, 2.45) is 11.7 Å². The normalized spacial score (nSPS) is 14.7. The Morgan fingerprint density at radius 2 is 2.33 bits per heavy atom. The molecule has 0 saturated carbocycles. The van der Waals surface area contributed by atoms with Gasteiger partial charge in [0.25, 0.3) is 0 Å². The van der Waals surface area contributed by atoms with E-state index in [-0.39, 0.29) is 17.8 Å². The molecule has 0 bridgehead atoms. The fourth-order valence-corrected chi connectivity index (χ4v) is 1.05. The molecule has 15 heavy (non-hydrogen) atoms. The lowest BCUT2D eigenvalue weighted by atomic mass is 10.00. The SMILES string of the molecule is CCC(C)[C@H](N)C(=O)Nc1nc(C)no1. The Balaban J connectivity index is 2.55. The number of hydrogen-bond donors (Lipinski definition) is 2. The lowest BCUT2D eigenvalue weighted by molar-refractivity contribution is -0.118. The summed E-state index contributed by atoms with van der Waals surface area (Å²) in [5, 5.41) is 6.03. The molecule has 0 aromatic carbocycles. The highest BCUT2D eigenvalue weighted by Gasteiger charge is 2.20. The van der Waals surface area contributed by atoms with Gasteiger partial charge in [-0.1, -0.05) is 25.4 Å². The smallest absolute Gasteiger partial charge is 0.320 e. The van der Waals surface area contributed by atoms with Gasteiger partial charge in [0.2, 0.25) is 5.91 Å². The summed E-state index contributed by atoms with van der Waals surface area (Å²) in [5.41, 5.74) is 5.72. The molecule has 0 saturated heterocycles. The van der Waals surface area contributed by atoms with Crippen molar-refractivity contribution in [2.75, 3.05) is 5.32 Å². The lowest BCUT2D eigenvalue weighted by Crippen LogP contribution is -2.40. The van der Waals surface area contributed by atoms with Crippen LogP contribution in [0.25, 0.3) is 0 Å². The van der Waals surface area contributed by atoms with Crippen LogP contribution in [0.4, 0.5) is 6.01 Å². The molecule has 3 N–H and O–H groups in total. The van der Waals surface area contributed by atoms with E-state index in [1.165, 1.54) is 0 Å². The maximum Gasteiger partial charge on any atom is 0.328 e. The average molecular weight is 212 g/mol. The summed E-state index contributed by atoms with van der Waals surface area (Å²) in [6.45, 7) is 5.58. The Morgan fingerprint density at radius 1 is 1.67 bits per heavy atom. The van der Waals surface area contributed by atoms with E-state index >= 15 is 0 Å². The molecular formula is C9H16N4O2. The number of amides is 1. The molecule has 6 heteroatoms. The highest BCUT2D eigenvalue weighted by atomic mass is 16.5. The van der Waals surface area contributed by atoms with Gasteiger partial charge in [-0.25, -0.2) is 0 Å². The van der Waals surface area contributed by atoms with Crippen LogP contribution in [0.1, 0.15) is 26.1 Å². The Kier molecular flexibility index (Phi) is 3.79. The number of hydrogen-bond acceptors (Lipinski definition) is 5. The molecule has 0 aliphatic heterocycles. The zero-order valence-corrected chi connectivity index (χ0v) is 9.15. The van der Waals surface area contributed by atoms with E-state index in [4.69, 9.17) is 10.3 Å². The van der Waals surface area contributed by atoms with Crippen LogP contribution in [0.2, 0.25) is 0 Å². The van der Waals surface area contributed by atoms with Crippen molar-refractivity contribution in [3.05, 3.63) is 5.82 Å². The summed E-state index contributed by atoms with van der Waals surface area (Å²) in [6.07, 6.45) is 0.845. The number of aryl methyl sites for hydroxylation is 1. The van der Waals surface area contributed by atoms with Crippen LogP contribution in [-0.2, 0) is 4.79 Å². The first-order valence-corrected chi connectivity index (χ1v) is 4.91. The van der Waals surface area contributed by atoms with Crippen LogP contribution in [0.15, 0.2) is 4.52 Å². The van der Waals surface area contributed by atoms with Crippen molar-refractivity contribution in [1.82, 2.24) is 10.1 Å². The monoisotopic (exact) mass is 212 g/mol. The third kappa shape index (κ3) is 3.02. The van der Waals surface area contributed by atoms with Gasteiger partial charge in [0.05, 0.1) is 6.04 Å². The van der Waals surface area contributed by atoms with Crippen molar-refractivity contribution in [3.8, 4) is 0 Å². The molecule has 0 spiro atoms. The van der Waals surface area contributed by atoms with Gasteiger partial charge in [-0.3, -0.25) is 10.1 Å². The van der Waals surface area contributed by atoms with Crippen molar-refractivity contribution in [2.45, 2.75) is 33.2 Å². The second kappa shape index (κ2) is 4.88. The zero-order chi connectivity index (χ0) is 11.4. The molecule has 0 radical (unpaired) electrons. The molecule has 1 heterocycles. The van der Waals surface area contributed by atoms with E-state index in [9.17, 15) is 4.79 Å². The van der Waals surface area contributed by atoms with Gasteiger partial charge in [0.1, 0.15) is 0 Å². The molecule has 1 amide bonds. The van der Waals surface area contributed by atoms with Gasteiger partial charge in [0.15, 0.2) is 5.82 Å². The largest absolute Gasteiger partial charge is 0.328 e. The van der Waals surface area contributed by atoms with E-state index < -0.39 is 6.04 Å². The van der Waals surface area contributed by atoms with Crippen molar-refractivity contribution < 1.29 is 9.32 Å². The van der Waals surface area contributed by atoms with Crippen LogP contribution in [-0.4, -0.2) is 22.1 Å². The third-order valence-electron chi connectivity index (χ3n) is 2.32. The first kappa shape index (κ1) is 11.6. The number of carbonyl (C=O) groups excluding carboxylic acids is 1. The summed E-state index contributed by atoms with van der Waals surface area (Å²) in [7, 11) is 0. The molecular weight excluding hydrogens is 196 g/mol. The fraction of sp³-hybridized carbons (Fsp3) is 0.667. The number of carbonyl (C=O) groups is 1. The molecule has 0 fully saturated rings. The highest BCUT2D eigenvalue weighted by Crippen LogP contribution is 2.08. The maximum absolute atomic E-state index is 11.6. The van der Waals surface area contributed by atoms with Crippen molar-refractivity contribution >= 4 is 11.9 Å². The summed E-state index contributed by atoms with van der Waals surface area (Å²) in [5.74, 6) is 0.296. The Morgan fingerprint density at radius 3 is 2.80 bits per heavy atom. The Hall–Kier alpha value is -1.43. The van der Waals surface area contributed by atoms with Gasteiger partial charge in [-0.05, 0) is 12.8 Å². The average Bonchev–Trinajstić information content (AvgIpc) is 2.61. The van der Waals surface area contributed by atoms with Gasteiger partial charge in [0, 0.05) is 0 Å². The van der Waals surface area contributed by atoms with Crippen LogP contribution in [0.3, 0.4) is 0 Å². The van der Waals surface area contributed by atoms with E-state index in [1.54, 1.807) is 6.92 Å². The zero-order valence-electron chi connectivity index (χ0n) is 9.15. The lowest BCUT2D eigenvalue weighted by Gasteiger charge is -2.15. The first-order chi connectivity index (χ1) is 7.04. The number of rotatable bonds is 4. The minimum atomic E-state index is -0.554. The number of aromatic nitrogens is 2. The Labute approximate surface area is 88.2 Å². The van der Waals surface area contributed by atoms with Crippen molar-refractivity contribution in [3.63, 3.8) is 0 Å². The van der Waals surface area contributed by atoms with E-state index in [0.717, 1.165) is 6.42 Å². The van der Waals surface area contributed by atoms with Crippen LogP contribution < -0.4 is 11.1 Å². The van der Waals surface area contributed by atoms with Crippen LogP contribution in [0, 0.1) is 12.8 Å². The molecule has 1 rings (SSSR count). The minimum Gasteiger partial charge on any atom is -0.320 e. The summed E-state index contributed by atoms with van der Waals surface area (Å²) < 4.78 is 4.75. The Bertz CT molecular complexity index is 337. The van der Waals surface area contributed by atoms with Crippen LogP contribution in [0.5, 0.6) is 0 Å². The number of anilines is 1. The molecule has 0 aliphatic carbocycles. The predicted octanol–water partition coefficient (Wildman–Crippen LogP) is 0.690. The standard InChI is InChI=1S/C9H16N4O2/c1-4-5(2)7(10)8(14)12-9-11-6(3)13-15-9/h5,7H,4,10H2,1-3H3,(H,11,12,13,14)/t5?,7-/m0/s1. The van der Waals surface area contributed by atoms with Crippen molar-refractivity contribution in [1.29, 1.82) is 0 Å². The van der Waals surface area contributed by atoms with E-state index in [1.807, 2.05) is 13.8 Å². The number of nitrogens with one attached hydrogen (secondary N) is 1. The fourth-order valence-electron chi connectivity index (χ4n) is 1.05. The van der Waals surface area contributed by atoms with E-state index in [0.29, 0.717) is 5.82 Å². The number of nitrogens with zero attached hydrogens (tertiary/aromatic N) is 2. The maximum atomic E-state index is 11.6. The summed E-state index contributed by atoms with van der Waals surface area (Å²) in [6, 6.07) is -0.460. The molecule has 0 aliphatic rings. The molecule has 84 valence electrons. The van der Waals surface area contributed by atoms with Gasteiger partial charge in [-0.15, -0.1) is 0 Å². The molecule has 2 atom stereocenters. The third-order valence-corrected chi connectivity index (χ3v) is 2.32. The summed E-state index contributed by atoms with van der Waals surface area (Å²) >= 11 is 0. The molecule has 6 nitrogen and oxygen atoms in total. The minimum absolute atomic E-state index is 0.0938. The van der Waals surface area contributed by atoms with E-state index in [2.05, 4.69) is 15.5 Å². The van der Waals surface area contributed by atoms with Gasteiger partial charge >= 0.3 is 6.01 Å². The van der Waals surface area contributed by atoms with Gasteiger partial charge < -0.3 is 10.3 Å². The second-order valence-electron chi connectivity index (χ2n) is 3.55. The topological polar surface area (TPSA) is 94.0 Å². The number of nitrogens with two attached hydrogens (primary N) is 1. The second-order valence-corrected chi connectivity index (χ2v) is 3.55. The van der Waals surface area contributed by atoms with Crippen LogP contribution >= 0.6 is 0 Å². The predicted molar refractivity (Wildman–Crippen MR) is 55.1 cm³/mol. The first-order valence-electron chi connectivity index (χ1n) is 4.91. The molecule has 1 aromatic rings. The van der Waals surface area contributed by atoms with Gasteiger partial charge in [-0.2, -0.15) is 4.98 Å². The highest BCUT2D eigenvalue weighted by molar-refractivity contribution is 5.93. The molecule has 1 unspecified atom stereocenters. The summed E-state index contributed by atoms with van der Waals surface area (Å²) in [4.78, 5) is 15.4. The molecule has 1 aromatic heterocycles. The quantitative estimate of drug-likeness (QED) is 0.765.